The van der Waals surface area contributed by atoms with Crippen LogP contribution >= 0.6 is 24.8 Å². The zero-order valence-corrected chi connectivity index (χ0v) is 18.4. The highest BCUT2D eigenvalue weighted by Gasteiger charge is 2.36. The Morgan fingerprint density at radius 2 is 1.38 bits per heavy atom. The number of fused-ring (bicyclic) bond motifs is 1. The van der Waals surface area contributed by atoms with Crippen LogP contribution in [0.15, 0.2) is 76.4 Å². The van der Waals surface area contributed by atoms with Crippen molar-refractivity contribution in [3.63, 3.8) is 0 Å². The number of nitrogens with two attached hydrogens (primary N) is 1. The molecule has 2 aromatic carbocycles. The molecule has 0 aromatic heterocycles. The molecular formula is C22H25Cl2N3O2. The zero-order chi connectivity index (χ0) is 19.2. The molecule has 0 spiro atoms. The number of hydrogen-bond acceptors (Lipinski definition) is 5. The van der Waals surface area contributed by atoms with Crippen molar-refractivity contribution in [2.75, 3.05) is 0 Å². The number of rotatable bonds is 2. The van der Waals surface area contributed by atoms with E-state index in [1.54, 1.807) is 6.08 Å². The second kappa shape index (κ2) is 8.09. The molecule has 0 fully saturated rings. The molecular weight excluding hydrogens is 409 g/mol. The second-order valence-corrected chi connectivity index (χ2v) is 7.75. The minimum Gasteiger partial charge on any atom is -0.467 e. The molecule has 2 heterocycles. The fraction of sp³-hybridized carbons (Fsp3) is 0.273. The Bertz CT molecular complexity index is 1050. The number of nitrogens with zero attached hydrogens (tertiary/aromatic N) is 2. The van der Waals surface area contributed by atoms with E-state index in [1.807, 2.05) is 58.0 Å². The van der Waals surface area contributed by atoms with Crippen molar-refractivity contribution in [2.45, 2.75) is 38.9 Å². The lowest BCUT2D eigenvalue weighted by molar-refractivity contribution is 0.0999. The number of ether oxygens (including phenoxy) is 2. The van der Waals surface area contributed by atoms with Gasteiger partial charge in [0.2, 0.25) is 5.88 Å². The third kappa shape index (κ3) is 4.41. The van der Waals surface area contributed by atoms with Gasteiger partial charge < -0.3 is 15.2 Å². The molecule has 5 nitrogen and oxygen atoms in total. The van der Waals surface area contributed by atoms with Gasteiger partial charge in [-0.1, -0.05) is 36.4 Å². The highest BCUT2D eigenvalue weighted by atomic mass is 35.5. The molecule has 154 valence electrons. The quantitative estimate of drug-likeness (QED) is 0.683. The number of halogens is 2. The van der Waals surface area contributed by atoms with Crippen LogP contribution in [-0.2, 0) is 9.47 Å². The number of hydrogen-bond donors (Lipinski definition) is 1. The van der Waals surface area contributed by atoms with E-state index in [9.17, 15) is 0 Å². The fourth-order valence-electron chi connectivity index (χ4n) is 3.26. The van der Waals surface area contributed by atoms with Gasteiger partial charge in [0.05, 0.1) is 17.1 Å². The Balaban J connectivity index is 0.00000150. The lowest BCUT2D eigenvalue weighted by Crippen LogP contribution is -2.30. The van der Waals surface area contributed by atoms with Crippen molar-refractivity contribution in [3.8, 4) is 0 Å². The normalized spacial score (nSPS) is 21.7. The van der Waals surface area contributed by atoms with E-state index in [0.717, 1.165) is 27.9 Å². The van der Waals surface area contributed by atoms with E-state index in [4.69, 9.17) is 20.2 Å². The van der Waals surface area contributed by atoms with Crippen molar-refractivity contribution in [1.29, 1.82) is 0 Å². The van der Waals surface area contributed by atoms with Gasteiger partial charge in [0.1, 0.15) is 11.2 Å². The summed E-state index contributed by atoms with van der Waals surface area (Å²) in [7, 11) is 0. The minimum atomic E-state index is -0.575. The van der Waals surface area contributed by atoms with Crippen LogP contribution in [0.5, 0.6) is 0 Å². The first-order valence-corrected chi connectivity index (χ1v) is 8.98. The van der Waals surface area contributed by atoms with Gasteiger partial charge in [-0.2, -0.15) is 0 Å². The Morgan fingerprint density at radius 3 is 2.07 bits per heavy atom. The molecule has 7 heteroatoms. The van der Waals surface area contributed by atoms with Gasteiger partial charge in [0.25, 0.3) is 0 Å². The van der Waals surface area contributed by atoms with Gasteiger partial charge in [-0.05, 0) is 39.1 Å². The molecule has 4 rings (SSSR count). The standard InChI is InChI=1S/C22H23N3O2.2ClH/c1-21(2)17(12-19(23)26-21)25-20-13-18(22(3,4)27-20)24-16-11-7-9-14-8-5-6-10-15(14)16;;/h5-13H,23H2,1-4H3;2*1H/b24-18?,25-17+;;. The zero-order valence-electron chi connectivity index (χ0n) is 16.8. The summed E-state index contributed by atoms with van der Waals surface area (Å²) in [4.78, 5) is 9.51. The Labute approximate surface area is 183 Å². The maximum absolute atomic E-state index is 6.05. The molecule has 29 heavy (non-hydrogen) atoms. The van der Waals surface area contributed by atoms with Crippen molar-refractivity contribution < 1.29 is 9.47 Å². The molecule has 2 aromatic rings. The second-order valence-electron chi connectivity index (χ2n) is 7.75. The first-order chi connectivity index (χ1) is 12.7. The Kier molecular flexibility index (Phi) is 6.36. The van der Waals surface area contributed by atoms with Crippen LogP contribution in [0.25, 0.3) is 10.8 Å². The highest BCUT2D eigenvalue weighted by Crippen LogP contribution is 2.33. The third-order valence-electron chi connectivity index (χ3n) is 4.74. The predicted octanol–water partition coefficient (Wildman–Crippen LogP) is 5.46. The molecule has 0 saturated heterocycles. The fourth-order valence-corrected chi connectivity index (χ4v) is 3.26. The largest absolute Gasteiger partial charge is 0.467 e. The molecule has 0 aliphatic carbocycles. The maximum Gasteiger partial charge on any atom is 0.216 e. The summed E-state index contributed by atoms with van der Waals surface area (Å²) >= 11 is 0. The molecule has 0 saturated carbocycles. The lowest BCUT2D eigenvalue weighted by Gasteiger charge is -2.21. The molecule has 0 atom stereocenters. The first-order valence-electron chi connectivity index (χ1n) is 8.98. The van der Waals surface area contributed by atoms with E-state index in [2.05, 4.69) is 23.2 Å². The van der Waals surface area contributed by atoms with Crippen LogP contribution in [0.4, 0.5) is 5.69 Å². The van der Waals surface area contributed by atoms with Crippen molar-refractivity contribution in [2.24, 2.45) is 15.7 Å². The van der Waals surface area contributed by atoms with E-state index in [0.29, 0.717) is 11.8 Å². The van der Waals surface area contributed by atoms with Crippen LogP contribution in [0.3, 0.4) is 0 Å². The average molecular weight is 434 g/mol. The summed E-state index contributed by atoms with van der Waals surface area (Å²) in [6.45, 7) is 7.82. The summed E-state index contributed by atoms with van der Waals surface area (Å²) < 4.78 is 11.6. The smallest absolute Gasteiger partial charge is 0.216 e. The average Bonchev–Trinajstić information content (AvgIpc) is 3.01. The molecule has 0 radical (unpaired) electrons. The van der Waals surface area contributed by atoms with Crippen molar-refractivity contribution in [3.05, 3.63) is 66.4 Å². The summed E-state index contributed by atoms with van der Waals surface area (Å²) in [5.74, 6) is 0.873. The molecule has 2 aliphatic rings. The van der Waals surface area contributed by atoms with E-state index in [-0.39, 0.29) is 24.8 Å². The molecule has 2 N–H and O–H groups in total. The lowest BCUT2D eigenvalue weighted by atomic mass is 10.0. The van der Waals surface area contributed by atoms with Gasteiger partial charge in [-0.15, -0.1) is 24.8 Å². The third-order valence-corrected chi connectivity index (χ3v) is 4.74. The summed E-state index contributed by atoms with van der Waals surface area (Å²) in [5.41, 5.74) is 7.11. The minimum absolute atomic E-state index is 0. The Hall–Kier alpha value is -2.50. The van der Waals surface area contributed by atoms with Crippen LogP contribution in [0, 0.1) is 0 Å². The van der Waals surface area contributed by atoms with E-state index in [1.165, 1.54) is 0 Å². The van der Waals surface area contributed by atoms with Crippen LogP contribution in [0.2, 0.25) is 0 Å². The summed E-state index contributed by atoms with van der Waals surface area (Å²) in [6.07, 6.45) is 3.62. The van der Waals surface area contributed by atoms with Gasteiger partial charge in [0.15, 0.2) is 5.88 Å². The first kappa shape index (κ1) is 22.8. The van der Waals surface area contributed by atoms with Crippen LogP contribution < -0.4 is 5.73 Å². The Morgan fingerprint density at radius 1 is 0.759 bits per heavy atom. The SMILES string of the molecule is CC1(C)OC(/N=C2\C=C(N)OC2(C)C)=CC1=Nc1cccc2ccccc12.Cl.Cl. The number of aliphatic imine (C=N–C) groups is 2. The topological polar surface area (TPSA) is 69.2 Å². The van der Waals surface area contributed by atoms with Crippen LogP contribution in [0.1, 0.15) is 27.7 Å². The van der Waals surface area contributed by atoms with E-state index < -0.39 is 11.2 Å². The molecule has 2 aliphatic heterocycles. The van der Waals surface area contributed by atoms with Crippen LogP contribution in [-0.4, -0.2) is 22.6 Å². The maximum atomic E-state index is 6.05. The summed E-state index contributed by atoms with van der Waals surface area (Å²) in [6, 6.07) is 14.3. The van der Waals surface area contributed by atoms with Crippen molar-refractivity contribution >= 4 is 52.7 Å². The number of benzene rings is 2. The van der Waals surface area contributed by atoms with Gasteiger partial charge in [-0.25, -0.2) is 9.98 Å². The summed E-state index contributed by atoms with van der Waals surface area (Å²) in [5, 5.41) is 2.27. The van der Waals surface area contributed by atoms with Crippen molar-refractivity contribution in [1.82, 2.24) is 0 Å². The molecule has 0 amide bonds. The van der Waals surface area contributed by atoms with Gasteiger partial charge in [0, 0.05) is 17.5 Å². The molecule has 0 unspecified atom stereocenters. The van der Waals surface area contributed by atoms with E-state index >= 15 is 0 Å². The monoisotopic (exact) mass is 433 g/mol. The predicted molar refractivity (Wildman–Crippen MR) is 124 cm³/mol. The highest BCUT2D eigenvalue weighted by molar-refractivity contribution is 6.08. The van der Waals surface area contributed by atoms with Gasteiger partial charge in [-0.3, -0.25) is 0 Å². The molecule has 0 bridgehead atoms. The van der Waals surface area contributed by atoms with Gasteiger partial charge >= 0.3 is 0 Å².